The monoisotopic (exact) mass is 358 g/mol. The third-order valence-electron chi connectivity index (χ3n) is 3.48. The van der Waals surface area contributed by atoms with Crippen LogP contribution in [0.2, 0.25) is 0 Å². The summed E-state index contributed by atoms with van der Waals surface area (Å²) in [6, 6.07) is 1.96. The van der Waals surface area contributed by atoms with Gasteiger partial charge in [-0.05, 0) is 29.0 Å². The van der Waals surface area contributed by atoms with Crippen molar-refractivity contribution in [1.82, 2.24) is 19.4 Å². The van der Waals surface area contributed by atoms with Crippen LogP contribution in [-0.4, -0.2) is 52.3 Å². The SMILES string of the molecule is CN1CCOC(Cn2c(CCl)nc3cc(Br)cnc32)C1. The van der Waals surface area contributed by atoms with Gasteiger partial charge >= 0.3 is 0 Å². The molecule has 5 nitrogen and oxygen atoms in total. The van der Waals surface area contributed by atoms with Crippen LogP contribution in [0.1, 0.15) is 5.82 Å². The second-order valence-electron chi connectivity index (χ2n) is 5.02. The van der Waals surface area contributed by atoms with Gasteiger partial charge in [-0.25, -0.2) is 9.97 Å². The molecule has 0 saturated carbocycles. The number of hydrogen-bond donors (Lipinski definition) is 0. The molecule has 0 N–H and O–H groups in total. The van der Waals surface area contributed by atoms with E-state index >= 15 is 0 Å². The Kier molecular flexibility index (Phi) is 4.26. The minimum absolute atomic E-state index is 0.151. The van der Waals surface area contributed by atoms with Gasteiger partial charge < -0.3 is 14.2 Å². The summed E-state index contributed by atoms with van der Waals surface area (Å²) in [6.45, 7) is 3.40. The van der Waals surface area contributed by atoms with Crippen molar-refractivity contribution in [2.24, 2.45) is 0 Å². The van der Waals surface area contributed by atoms with Gasteiger partial charge in [0.25, 0.3) is 0 Å². The number of nitrogens with zero attached hydrogens (tertiary/aromatic N) is 4. The second kappa shape index (κ2) is 5.97. The van der Waals surface area contributed by atoms with Crippen molar-refractivity contribution in [1.29, 1.82) is 0 Å². The topological polar surface area (TPSA) is 43.2 Å². The summed E-state index contributed by atoms with van der Waals surface area (Å²) in [4.78, 5) is 11.3. The lowest BCUT2D eigenvalue weighted by Gasteiger charge is -2.30. The first-order valence-corrected chi connectivity index (χ1v) is 7.87. The van der Waals surface area contributed by atoms with Gasteiger partial charge in [0.2, 0.25) is 0 Å². The van der Waals surface area contributed by atoms with Crippen LogP contribution in [0, 0.1) is 0 Å². The number of fused-ring (bicyclic) bond motifs is 1. The molecule has 7 heteroatoms. The van der Waals surface area contributed by atoms with E-state index in [4.69, 9.17) is 16.3 Å². The van der Waals surface area contributed by atoms with E-state index in [9.17, 15) is 0 Å². The molecule has 3 rings (SSSR count). The van der Waals surface area contributed by atoms with E-state index < -0.39 is 0 Å². The summed E-state index contributed by atoms with van der Waals surface area (Å²) in [5.74, 6) is 1.21. The Morgan fingerprint density at radius 2 is 2.40 bits per heavy atom. The van der Waals surface area contributed by atoms with E-state index in [0.717, 1.165) is 47.7 Å². The van der Waals surface area contributed by atoms with Crippen molar-refractivity contribution < 1.29 is 4.74 Å². The number of aromatic nitrogens is 3. The minimum Gasteiger partial charge on any atom is -0.374 e. The molecule has 1 aliphatic heterocycles. The molecule has 2 aromatic heterocycles. The maximum absolute atomic E-state index is 6.02. The smallest absolute Gasteiger partial charge is 0.160 e. The van der Waals surface area contributed by atoms with Crippen LogP contribution < -0.4 is 0 Å². The van der Waals surface area contributed by atoms with Gasteiger partial charge in [-0.1, -0.05) is 0 Å². The number of morpholine rings is 1. The molecule has 1 unspecified atom stereocenters. The zero-order valence-corrected chi connectivity index (χ0v) is 13.6. The predicted octanol–water partition coefficient (Wildman–Crippen LogP) is 2.26. The van der Waals surface area contributed by atoms with E-state index in [-0.39, 0.29) is 6.10 Å². The number of ether oxygens (including phenoxy) is 1. The van der Waals surface area contributed by atoms with E-state index in [1.54, 1.807) is 6.20 Å². The molecular weight excluding hydrogens is 344 g/mol. The normalized spacial score (nSPS) is 20.6. The summed E-state index contributed by atoms with van der Waals surface area (Å²) in [6.07, 6.45) is 1.94. The third-order valence-corrected chi connectivity index (χ3v) is 4.15. The summed E-state index contributed by atoms with van der Waals surface area (Å²) in [5.41, 5.74) is 1.72. The molecular formula is C13H16BrClN4O. The summed E-state index contributed by atoms with van der Waals surface area (Å²) < 4.78 is 8.81. The van der Waals surface area contributed by atoms with Crippen molar-refractivity contribution in [3.05, 3.63) is 22.6 Å². The highest BCUT2D eigenvalue weighted by Crippen LogP contribution is 2.20. The maximum Gasteiger partial charge on any atom is 0.160 e. The summed E-state index contributed by atoms with van der Waals surface area (Å²) in [7, 11) is 2.11. The number of likely N-dealkylation sites (N-methyl/N-ethyl adjacent to an activating group) is 1. The van der Waals surface area contributed by atoms with Crippen molar-refractivity contribution in [2.45, 2.75) is 18.5 Å². The lowest BCUT2D eigenvalue weighted by molar-refractivity contribution is -0.0272. The Morgan fingerprint density at radius 1 is 1.55 bits per heavy atom. The third kappa shape index (κ3) is 2.83. The van der Waals surface area contributed by atoms with Crippen LogP contribution >= 0.6 is 27.5 Å². The molecule has 1 saturated heterocycles. The first kappa shape index (κ1) is 14.3. The highest BCUT2D eigenvalue weighted by atomic mass is 79.9. The van der Waals surface area contributed by atoms with Crippen molar-refractivity contribution in [2.75, 3.05) is 26.7 Å². The average molecular weight is 360 g/mol. The molecule has 3 heterocycles. The molecule has 2 aromatic rings. The lowest BCUT2D eigenvalue weighted by atomic mass is 10.3. The summed E-state index contributed by atoms with van der Waals surface area (Å²) in [5, 5.41) is 0. The number of pyridine rings is 1. The molecule has 0 aliphatic carbocycles. The van der Waals surface area contributed by atoms with Crippen molar-refractivity contribution in [3.63, 3.8) is 0 Å². The fraction of sp³-hybridized carbons (Fsp3) is 0.538. The number of alkyl halides is 1. The highest BCUT2D eigenvalue weighted by molar-refractivity contribution is 9.10. The predicted molar refractivity (Wildman–Crippen MR) is 82.0 cm³/mol. The van der Waals surface area contributed by atoms with Gasteiger partial charge in [0.05, 0.1) is 25.1 Å². The molecule has 0 radical (unpaired) electrons. The quantitative estimate of drug-likeness (QED) is 0.789. The molecule has 108 valence electrons. The number of rotatable bonds is 3. The van der Waals surface area contributed by atoms with Gasteiger partial charge in [-0.3, -0.25) is 0 Å². The average Bonchev–Trinajstić information content (AvgIpc) is 2.76. The number of hydrogen-bond acceptors (Lipinski definition) is 4. The Morgan fingerprint density at radius 3 is 3.15 bits per heavy atom. The highest BCUT2D eigenvalue weighted by Gasteiger charge is 2.21. The van der Waals surface area contributed by atoms with Crippen LogP contribution in [-0.2, 0) is 17.2 Å². The van der Waals surface area contributed by atoms with Crippen LogP contribution in [0.4, 0.5) is 0 Å². The van der Waals surface area contributed by atoms with Gasteiger partial charge in [0.15, 0.2) is 5.65 Å². The molecule has 1 aliphatic rings. The van der Waals surface area contributed by atoms with Gasteiger partial charge in [-0.15, -0.1) is 11.6 Å². The molecule has 1 fully saturated rings. The molecule has 20 heavy (non-hydrogen) atoms. The molecule has 1 atom stereocenters. The molecule has 0 aromatic carbocycles. The van der Waals surface area contributed by atoms with E-state index in [1.165, 1.54) is 0 Å². The first-order chi connectivity index (χ1) is 9.67. The zero-order chi connectivity index (χ0) is 14.1. The first-order valence-electron chi connectivity index (χ1n) is 6.54. The Balaban J connectivity index is 1.93. The standard InChI is InChI=1S/C13H16BrClN4O/c1-18-2-3-20-10(7-18)8-19-12(5-15)17-11-4-9(14)6-16-13(11)19/h4,6,10H,2-3,5,7-8H2,1H3. The van der Waals surface area contributed by atoms with Gasteiger partial charge in [-0.2, -0.15) is 0 Å². The molecule has 0 amide bonds. The summed E-state index contributed by atoms with van der Waals surface area (Å²) >= 11 is 9.43. The van der Waals surface area contributed by atoms with Crippen molar-refractivity contribution >= 4 is 38.7 Å². The van der Waals surface area contributed by atoms with Crippen LogP contribution in [0.5, 0.6) is 0 Å². The van der Waals surface area contributed by atoms with Crippen LogP contribution in [0.15, 0.2) is 16.7 Å². The number of imidazole rings is 1. The molecule has 0 bridgehead atoms. The van der Waals surface area contributed by atoms with E-state index in [0.29, 0.717) is 5.88 Å². The number of halogens is 2. The van der Waals surface area contributed by atoms with Crippen LogP contribution in [0.3, 0.4) is 0 Å². The van der Waals surface area contributed by atoms with Crippen molar-refractivity contribution in [3.8, 4) is 0 Å². The van der Waals surface area contributed by atoms with E-state index in [1.807, 2.05) is 6.07 Å². The Bertz CT molecular complexity index is 618. The van der Waals surface area contributed by atoms with E-state index in [2.05, 4.69) is 42.4 Å². The Labute approximate surface area is 131 Å². The zero-order valence-electron chi connectivity index (χ0n) is 11.2. The second-order valence-corrected chi connectivity index (χ2v) is 6.21. The fourth-order valence-corrected chi connectivity index (χ4v) is 3.03. The fourth-order valence-electron chi connectivity index (χ4n) is 2.51. The Hall–Kier alpha value is -0.690. The van der Waals surface area contributed by atoms with Crippen LogP contribution in [0.25, 0.3) is 11.2 Å². The minimum atomic E-state index is 0.151. The largest absolute Gasteiger partial charge is 0.374 e. The van der Waals surface area contributed by atoms with Gasteiger partial charge in [0.1, 0.15) is 11.3 Å². The molecule has 0 spiro atoms. The maximum atomic E-state index is 6.02. The van der Waals surface area contributed by atoms with Gasteiger partial charge in [0, 0.05) is 23.8 Å². The lowest BCUT2D eigenvalue weighted by Crippen LogP contribution is -2.42.